The number of esters is 2. The molecule has 1 aliphatic heterocycles. The van der Waals surface area contributed by atoms with Crippen LogP contribution in [0.1, 0.15) is 50.8 Å². The lowest BCUT2D eigenvalue weighted by Gasteiger charge is -2.46. The van der Waals surface area contributed by atoms with Crippen molar-refractivity contribution in [3.05, 3.63) is 108 Å². The van der Waals surface area contributed by atoms with Crippen LogP contribution in [0.4, 0.5) is 0 Å². The summed E-state index contributed by atoms with van der Waals surface area (Å²) in [5, 5.41) is 0. The van der Waals surface area contributed by atoms with Gasteiger partial charge in [0.05, 0.1) is 25.9 Å². The second-order valence-corrected chi connectivity index (χ2v) is 12.2. The number of carbonyl (C=O) groups is 2. The Morgan fingerprint density at radius 1 is 0.717 bits per heavy atom. The van der Waals surface area contributed by atoms with E-state index >= 15 is 0 Å². The van der Waals surface area contributed by atoms with Crippen molar-refractivity contribution in [3.8, 4) is 0 Å². The standard InChI is InChI=1S/C36H45NO9/c1-25(38)40-24-31-33(42-22-27-16-10-6-11-17-27)34(43-23-28-18-12-7-13-19-28)32(41-21-26-14-8-5-9-15-26)29(44-31)20-30(46-37)35(39)45-36(2,3)4/h5-19,29-34H,20-24,37H2,1-4H3/t29-,30-,31-,32+,33-,34-/m1/s1. The average molecular weight is 636 g/mol. The maximum absolute atomic E-state index is 13.1. The molecular formula is C36H45NO9. The lowest BCUT2D eigenvalue weighted by Crippen LogP contribution is -2.62. The molecule has 0 amide bonds. The quantitative estimate of drug-likeness (QED) is 0.179. The van der Waals surface area contributed by atoms with Crippen LogP contribution in [0.2, 0.25) is 0 Å². The predicted octanol–water partition coefficient (Wildman–Crippen LogP) is 5.06. The molecule has 1 saturated heterocycles. The molecule has 0 aromatic heterocycles. The van der Waals surface area contributed by atoms with Crippen molar-refractivity contribution in [2.75, 3.05) is 6.61 Å². The summed E-state index contributed by atoms with van der Waals surface area (Å²) >= 11 is 0. The molecule has 1 heterocycles. The second kappa shape index (κ2) is 17.3. The van der Waals surface area contributed by atoms with Crippen molar-refractivity contribution in [2.45, 2.75) is 96.2 Å². The van der Waals surface area contributed by atoms with Gasteiger partial charge in [0.1, 0.15) is 36.6 Å². The highest BCUT2D eigenvalue weighted by atomic mass is 16.7. The van der Waals surface area contributed by atoms with E-state index in [1.807, 2.05) is 91.0 Å². The average Bonchev–Trinajstić information content (AvgIpc) is 3.04. The lowest BCUT2D eigenvalue weighted by molar-refractivity contribution is -0.275. The van der Waals surface area contributed by atoms with E-state index in [1.165, 1.54) is 6.92 Å². The van der Waals surface area contributed by atoms with Gasteiger partial charge in [-0.2, -0.15) is 0 Å². The Labute approximate surface area is 271 Å². The topological polar surface area (TPSA) is 125 Å². The molecule has 4 rings (SSSR count). The van der Waals surface area contributed by atoms with Crippen molar-refractivity contribution < 1.29 is 42.8 Å². The van der Waals surface area contributed by atoms with E-state index in [9.17, 15) is 9.59 Å². The van der Waals surface area contributed by atoms with Gasteiger partial charge in [0, 0.05) is 13.3 Å². The Balaban J connectivity index is 1.70. The molecule has 248 valence electrons. The third-order valence-corrected chi connectivity index (χ3v) is 7.32. The highest BCUT2D eigenvalue weighted by Gasteiger charge is 2.50. The number of ether oxygens (including phenoxy) is 6. The van der Waals surface area contributed by atoms with Gasteiger partial charge in [-0.05, 0) is 37.5 Å². The van der Waals surface area contributed by atoms with Gasteiger partial charge in [0.25, 0.3) is 0 Å². The van der Waals surface area contributed by atoms with Gasteiger partial charge >= 0.3 is 11.9 Å². The summed E-state index contributed by atoms with van der Waals surface area (Å²) < 4.78 is 37.3. The molecule has 46 heavy (non-hydrogen) atoms. The molecule has 3 aromatic rings. The third-order valence-electron chi connectivity index (χ3n) is 7.32. The minimum absolute atomic E-state index is 0.0158. The van der Waals surface area contributed by atoms with E-state index in [1.54, 1.807) is 20.8 Å². The van der Waals surface area contributed by atoms with Crippen LogP contribution in [0.5, 0.6) is 0 Å². The van der Waals surface area contributed by atoms with Crippen LogP contribution in [0.25, 0.3) is 0 Å². The van der Waals surface area contributed by atoms with Crippen molar-refractivity contribution in [1.82, 2.24) is 0 Å². The van der Waals surface area contributed by atoms with E-state index in [0.29, 0.717) is 0 Å². The van der Waals surface area contributed by atoms with Gasteiger partial charge in [-0.1, -0.05) is 91.0 Å². The zero-order valence-corrected chi connectivity index (χ0v) is 26.9. The molecule has 1 fully saturated rings. The van der Waals surface area contributed by atoms with Gasteiger partial charge in [0.2, 0.25) is 0 Å². The summed E-state index contributed by atoms with van der Waals surface area (Å²) in [4.78, 5) is 30.2. The highest BCUT2D eigenvalue weighted by molar-refractivity contribution is 5.75. The monoisotopic (exact) mass is 635 g/mol. The summed E-state index contributed by atoms with van der Waals surface area (Å²) in [6.45, 7) is 7.24. The summed E-state index contributed by atoms with van der Waals surface area (Å²) in [6.07, 6.45) is -4.94. The summed E-state index contributed by atoms with van der Waals surface area (Å²) in [5.74, 6) is 4.53. The third kappa shape index (κ3) is 11.0. The van der Waals surface area contributed by atoms with Crippen LogP contribution in [0, 0.1) is 0 Å². The fraction of sp³-hybridized carbons (Fsp3) is 0.444. The predicted molar refractivity (Wildman–Crippen MR) is 170 cm³/mol. The van der Waals surface area contributed by atoms with Gasteiger partial charge in [-0.3, -0.25) is 9.63 Å². The molecule has 10 heteroatoms. The zero-order valence-electron chi connectivity index (χ0n) is 26.9. The van der Waals surface area contributed by atoms with Gasteiger partial charge < -0.3 is 28.4 Å². The van der Waals surface area contributed by atoms with Crippen molar-refractivity contribution in [1.29, 1.82) is 0 Å². The minimum atomic E-state index is -1.17. The first-order valence-corrected chi connectivity index (χ1v) is 15.5. The normalized spacial score (nSPS) is 22.2. The van der Waals surface area contributed by atoms with Gasteiger partial charge in [0.15, 0.2) is 6.10 Å². The van der Waals surface area contributed by atoms with E-state index < -0.39 is 54.2 Å². The Hall–Kier alpha value is -3.64. The highest BCUT2D eigenvalue weighted by Crippen LogP contribution is 2.33. The molecule has 3 aromatic carbocycles. The fourth-order valence-corrected chi connectivity index (χ4v) is 5.19. The number of rotatable bonds is 15. The Morgan fingerprint density at radius 2 is 1.15 bits per heavy atom. The summed E-state index contributed by atoms with van der Waals surface area (Å²) in [7, 11) is 0. The van der Waals surface area contributed by atoms with E-state index in [-0.39, 0.29) is 32.8 Å². The zero-order chi connectivity index (χ0) is 32.9. The van der Waals surface area contributed by atoms with E-state index in [4.69, 9.17) is 39.2 Å². The Bertz CT molecular complexity index is 1330. The molecule has 1 aliphatic rings. The number of nitrogens with two attached hydrogens (primary N) is 1. The molecule has 6 atom stereocenters. The first-order valence-electron chi connectivity index (χ1n) is 15.5. The summed E-state index contributed by atoms with van der Waals surface area (Å²) in [6, 6.07) is 29.2. The van der Waals surface area contributed by atoms with Crippen LogP contribution in [-0.4, -0.2) is 60.8 Å². The maximum Gasteiger partial charge on any atom is 0.338 e. The molecule has 0 radical (unpaired) electrons. The minimum Gasteiger partial charge on any atom is -0.463 e. The molecule has 0 aliphatic carbocycles. The van der Waals surface area contributed by atoms with E-state index in [0.717, 1.165) is 16.7 Å². The first-order chi connectivity index (χ1) is 22.1. The molecule has 10 nitrogen and oxygen atoms in total. The van der Waals surface area contributed by atoms with Crippen LogP contribution in [0.15, 0.2) is 91.0 Å². The number of hydrogen-bond acceptors (Lipinski definition) is 10. The molecule has 0 saturated carbocycles. The SMILES string of the molecule is CC(=O)OC[C@H]1O[C@H](C[C@@H](ON)C(=O)OC(C)(C)C)[C@H](OCc2ccccc2)[C@@H](OCc2ccccc2)[C@@H]1OCc1ccccc1. The van der Waals surface area contributed by atoms with Gasteiger partial charge in [-0.15, -0.1) is 0 Å². The Kier molecular flexibility index (Phi) is 13.3. The van der Waals surface area contributed by atoms with Crippen LogP contribution < -0.4 is 5.90 Å². The van der Waals surface area contributed by atoms with Crippen molar-refractivity contribution in [3.63, 3.8) is 0 Å². The lowest BCUT2D eigenvalue weighted by atomic mass is 9.91. The van der Waals surface area contributed by atoms with Crippen molar-refractivity contribution in [2.24, 2.45) is 5.90 Å². The summed E-state index contributed by atoms with van der Waals surface area (Å²) in [5.41, 5.74) is 2.06. The van der Waals surface area contributed by atoms with Crippen LogP contribution >= 0.6 is 0 Å². The maximum atomic E-state index is 13.1. The van der Waals surface area contributed by atoms with E-state index in [2.05, 4.69) is 0 Å². The first kappa shape index (κ1) is 35.2. The number of benzene rings is 3. The molecule has 2 N–H and O–H groups in total. The van der Waals surface area contributed by atoms with Crippen molar-refractivity contribution >= 4 is 11.9 Å². The number of carbonyl (C=O) groups excluding carboxylic acids is 2. The molecule has 0 unspecified atom stereocenters. The Morgan fingerprint density at radius 3 is 1.57 bits per heavy atom. The molecule has 0 spiro atoms. The smallest absolute Gasteiger partial charge is 0.338 e. The van der Waals surface area contributed by atoms with Crippen LogP contribution in [-0.2, 0) is 62.7 Å². The molecule has 0 bridgehead atoms. The van der Waals surface area contributed by atoms with Crippen LogP contribution in [0.3, 0.4) is 0 Å². The second-order valence-electron chi connectivity index (χ2n) is 12.2. The number of hydrogen-bond donors (Lipinski definition) is 1. The fourth-order valence-electron chi connectivity index (χ4n) is 5.19. The largest absolute Gasteiger partial charge is 0.463 e. The van der Waals surface area contributed by atoms with Gasteiger partial charge in [-0.25, -0.2) is 10.7 Å². The molecular weight excluding hydrogens is 590 g/mol.